The van der Waals surface area contributed by atoms with E-state index in [0.29, 0.717) is 0 Å². The van der Waals surface area contributed by atoms with Crippen LogP contribution in [-0.2, 0) is 11.1 Å². The fourth-order valence-corrected chi connectivity index (χ4v) is 2.33. The van der Waals surface area contributed by atoms with E-state index in [0.717, 1.165) is 6.07 Å². The molecule has 1 N–H and O–H groups in total. The van der Waals surface area contributed by atoms with Crippen LogP contribution in [0.3, 0.4) is 0 Å². The Morgan fingerprint density at radius 3 is 2.14 bits per heavy atom. The highest BCUT2D eigenvalue weighted by Crippen LogP contribution is 2.49. The average molecular weight is 353 g/mol. The molecule has 1 unspecified atom stereocenters. The molecule has 0 radical (unpaired) electrons. The Balaban J connectivity index is 3.33. The third kappa shape index (κ3) is 3.14. The maximum absolute atomic E-state index is 13.3. The highest BCUT2D eigenvalue weighted by Gasteiger charge is 2.62. The average Bonchev–Trinajstić information content (AvgIpc) is 2.35. The zero-order valence-electron chi connectivity index (χ0n) is 9.34. The van der Waals surface area contributed by atoms with Gasteiger partial charge < -0.3 is 4.55 Å². The Labute approximate surface area is 119 Å². The van der Waals surface area contributed by atoms with E-state index in [1.54, 1.807) is 0 Å². The molecule has 1 aromatic carbocycles. The van der Waals surface area contributed by atoms with Gasteiger partial charge in [-0.1, -0.05) is 0 Å². The number of nitrogens with zero attached hydrogens (tertiary/aromatic N) is 1. The molecule has 0 spiro atoms. The van der Waals surface area contributed by atoms with E-state index in [2.05, 4.69) is 0 Å². The van der Waals surface area contributed by atoms with Gasteiger partial charge in [0.1, 0.15) is 17.4 Å². The summed E-state index contributed by atoms with van der Waals surface area (Å²) in [7, 11) is 0. The Morgan fingerprint density at radius 1 is 1.19 bits per heavy atom. The monoisotopic (exact) mass is 353 g/mol. The highest BCUT2D eigenvalue weighted by molar-refractivity contribution is 8.01. The van der Waals surface area contributed by atoms with Gasteiger partial charge in [0.25, 0.3) is 0 Å². The smallest absolute Gasteiger partial charge is 0.301 e. The van der Waals surface area contributed by atoms with Crippen molar-refractivity contribution in [2.75, 3.05) is 0 Å². The van der Waals surface area contributed by atoms with E-state index in [-0.39, 0.29) is 6.07 Å². The van der Waals surface area contributed by atoms with Crippen LogP contribution >= 0.6 is 11.8 Å². The van der Waals surface area contributed by atoms with Gasteiger partial charge in [-0.2, -0.15) is 22.8 Å². The van der Waals surface area contributed by atoms with Crippen molar-refractivity contribution in [3.05, 3.63) is 29.1 Å². The van der Waals surface area contributed by atoms with Crippen molar-refractivity contribution in [1.29, 1.82) is 5.26 Å². The molecule has 0 aliphatic rings. The molecule has 3 nitrogen and oxygen atoms in total. The summed E-state index contributed by atoms with van der Waals surface area (Å²) >= 11 is -5.65. The van der Waals surface area contributed by atoms with Gasteiger partial charge >= 0.3 is 10.5 Å². The van der Waals surface area contributed by atoms with E-state index in [1.807, 2.05) is 0 Å². The van der Waals surface area contributed by atoms with Crippen molar-refractivity contribution in [1.82, 2.24) is 0 Å². The largest absolute Gasteiger partial charge is 0.416 e. The summed E-state index contributed by atoms with van der Waals surface area (Å²) in [5.74, 6) is -6.04. The maximum Gasteiger partial charge on any atom is 0.416 e. The Morgan fingerprint density at radius 2 is 1.71 bits per heavy atom. The summed E-state index contributed by atoms with van der Waals surface area (Å²) in [4.78, 5) is -1.58. The number of hydrogen-bond donors (Lipinski definition) is 1. The van der Waals surface area contributed by atoms with Crippen molar-refractivity contribution in [2.45, 2.75) is 15.4 Å². The normalized spacial score (nSPS) is 13.9. The van der Waals surface area contributed by atoms with Crippen LogP contribution in [0.15, 0.2) is 11.0 Å². The third-order valence-electron chi connectivity index (χ3n) is 2.03. The van der Waals surface area contributed by atoms with Gasteiger partial charge in [-0.25, -0.2) is 17.4 Å². The zero-order chi connectivity index (χ0) is 16.6. The second kappa shape index (κ2) is 5.82. The van der Waals surface area contributed by atoms with Gasteiger partial charge in [-0.15, -0.1) is 0 Å². The van der Waals surface area contributed by atoms with Crippen LogP contribution in [0.2, 0.25) is 0 Å². The molecule has 0 fully saturated rings. The van der Waals surface area contributed by atoms with Gasteiger partial charge in [0.2, 0.25) is 11.1 Å². The highest BCUT2D eigenvalue weighted by atomic mass is 32.2. The molecule has 1 rings (SSSR count). The van der Waals surface area contributed by atoms with Crippen LogP contribution in [0, 0.1) is 28.8 Å². The zero-order valence-corrected chi connectivity index (χ0v) is 11.0. The fraction of sp³-hybridized carbons (Fsp3) is 0.222. The quantitative estimate of drug-likeness (QED) is 0.390. The first-order valence-electron chi connectivity index (χ1n) is 4.59. The number of thioether (sulfide) groups is 1. The van der Waals surface area contributed by atoms with Crippen LogP contribution in [-0.4, -0.2) is 19.3 Å². The molecule has 0 bridgehead atoms. The van der Waals surface area contributed by atoms with Crippen molar-refractivity contribution >= 4 is 22.8 Å². The van der Waals surface area contributed by atoms with Crippen molar-refractivity contribution in [2.24, 2.45) is 0 Å². The van der Waals surface area contributed by atoms with Crippen molar-refractivity contribution in [3.63, 3.8) is 0 Å². The molecule has 12 heteroatoms. The number of halogens is 7. The molecule has 0 amide bonds. The molecule has 116 valence electrons. The molecule has 0 aromatic heterocycles. The van der Waals surface area contributed by atoms with Crippen LogP contribution in [0.1, 0.15) is 5.56 Å². The second-order valence-corrected chi connectivity index (χ2v) is 5.52. The van der Waals surface area contributed by atoms with Gasteiger partial charge in [0, 0.05) is 0 Å². The van der Waals surface area contributed by atoms with Gasteiger partial charge in [0.05, 0.1) is 4.90 Å². The van der Waals surface area contributed by atoms with Gasteiger partial charge in [-0.3, -0.25) is 0 Å². The van der Waals surface area contributed by atoms with Gasteiger partial charge in [-0.05, 0) is 17.8 Å². The summed E-state index contributed by atoms with van der Waals surface area (Å²) in [6.07, 6.45) is 0. The Hall–Kier alpha value is -1.32. The van der Waals surface area contributed by atoms with Crippen molar-refractivity contribution < 1.29 is 39.5 Å². The minimum absolute atomic E-state index is 0.0914. The lowest BCUT2D eigenvalue weighted by molar-refractivity contribution is -0.0908. The van der Waals surface area contributed by atoms with E-state index in [1.165, 1.54) is 0 Å². The van der Waals surface area contributed by atoms with Crippen LogP contribution in [0.25, 0.3) is 0 Å². The van der Waals surface area contributed by atoms with Crippen LogP contribution in [0.5, 0.6) is 0 Å². The van der Waals surface area contributed by atoms with Crippen LogP contribution < -0.4 is 0 Å². The van der Waals surface area contributed by atoms with E-state index >= 15 is 0 Å². The Kier molecular flexibility index (Phi) is 4.91. The van der Waals surface area contributed by atoms with E-state index in [4.69, 9.17) is 9.81 Å². The minimum atomic E-state index is -5.50. The van der Waals surface area contributed by atoms with E-state index in [9.17, 15) is 34.9 Å². The molecule has 0 saturated heterocycles. The summed E-state index contributed by atoms with van der Waals surface area (Å²) in [6, 6.07) is 0.828. The molecule has 1 atom stereocenters. The maximum atomic E-state index is 13.3. The predicted molar refractivity (Wildman–Crippen MR) is 57.6 cm³/mol. The molecule has 1 aromatic rings. The van der Waals surface area contributed by atoms with Crippen LogP contribution in [0.4, 0.5) is 30.7 Å². The molecular formula is C9H2F7NO2S2. The summed E-state index contributed by atoms with van der Waals surface area (Å²) in [6.45, 7) is 0. The lowest BCUT2D eigenvalue weighted by Gasteiger charge is -2.22. The predicted octanol–water partition coefficient (Wildman–Crippen LogP) is 3.47. The summed E-state index contributed by atoms with van der Waals surface area (Å²) < 4.78 is 110. The first-order chi connectivity index (χ1) is 9.45. The first-order valence-corrected chi connectivity index (χ1v) is 6.51. The first kappa shape index (κ1) is 17.7. The molecule has 0 aliphatic carbocycles. The van der Waals surface area contributed by atoms with Crippen molar-refractivity contribution in [3.8, 4) is 6.07 Å². The standard InChI is InChI=1S/C9H2F7NO2S2/c10-4-1-5(7(12)6(11)3(4)2-17)20-8(13,14)9(15,16)21(18)19/h1H,(H,18,19). The summed E-state index contributed by atoms with van der Waals surface area (Å²) in [5.41, 5.74) is -1.42. The van der Waals surface area contributed by atoms with Gasteiger partial charge in [0.15, 0.2) is 11.6 Å². The molecule has 0 aliphatic heterocycles. The Bertz CT molecular complexity index is 644. The lowest BCUT2D eigenvalue weighted by atomic mass is 10.2. The molecular weight excluding hydrogens is 351 g/mol. The number of benzene rings is 1. The number of alkyl halides is 4. The number of rotatable bonds is 4. The minimum Gasteiger partial charge on any atom is -0.301 e. The SMILES string of the molecule is N#Cc1c(F)cc(SC(F)(F)C(F)(F)S(=O)O)c(F)c1F. The topological polar surface area (TPSA) is 61.1 Å². The van der Waals surface area contributed by atoms with E-state index < -0.39 is 61.3 Å². The number of hydrogen-bond acceptors (Lipinski definition) is 3. The fourth-order valence-electron chi connectivity index (χ4n) is 1.05. The molecule has 0 saturated carbocycles. The lowest BCUT2D eigenvalue weighted by Crippen LogP contribution is -2.41. The number of nitriles is 1. The third-order valence-corrected chi connectivity index (χ3v) is 3.89. The second-order valence-electron chi connectivity index (χ2n) is 3.36. The molecule has 21 heavy (non-hydrogen) atoms. The molecule has 0 heterocycles. The summed E-state index contributed by atoms with van der Waals surface area (Å²) in [5, 5.41) is -2.52.